The van der Waals surface area contributed by atoms with Crippen LogP contribution in [0.2, 0.25) is 0 Å². The standard InChI is InChI=1S/C23H24N4O2S/c1-16-9-15-30-22(16)23(29)27-12-5-11-26(13-14-27)20-8-3-7-19(25-20)21(28)18-6-4-10-24-17(18)2/h3-4,6-10,15H,5,11-14H2,1-2H3. The van der Waals surface area contributed by atoms with Crippen LogP contribution >= 0.6 is 11.3 Å². The highest BCUT2D eigenvalue weighted by Crippen LogP contribution is 2.21. The molecule has 6 nitrogen and oxygen atoms in total. The van der Waals surface area contributed by atoms with E-state index in [9.17, 15) is 9.59 Å². The average molecular weight is 421 g/mol. The van der Waals surface area contributed by atoms with Crippen molar-refractivity contribution in [1.29, 1.82) is 0 Å². The molecule has 7 heteroatoms. The number of thiophene rings is 1. The first-order valence-electron chi connectivity index (χ1n) is 10.1. The monoisotopic (exact) mass is 420 g/mol. The quantitative estimate of drug-likeness (QED) is 0.602. The molecular formula is C23H24N4O2S. The minimum atomic E-state index is -0.123. The van der Waals surface area contributed by atoms with Gasteiger partial charge in [0, 0.05) is 43.6 Å². The zero-order valence-corrected chi connectivity index (χ0v) is 18.0. The van der Waals surface area contributed by atoms with Gasteiger partial charge in [0.1, 0.15) is 11.5 Å². The number of aromatic nitrogens is 2. The third kappa shape index (κ3) is 4.11. The number of aryl methyl sites for hydroxylation is 2. The lowest BCUT2D eigenvalue weighted by molar-refractivity contribution is 0.0771. The third-order valence-electron chi connectivity index (χ3n) is 5.38. The second kappa shape index (κ2) is 8.75. The molecule has 30 heavy (non-hydrogen) atoms. The highest BCUT2D eigenvalue weighted by atomic mass is 32.1. The Hall–Kier alpha value is -3.06. The van der Waals surface area contributed by atoms with Gasteiger partial charge in [-0.05, 0) is 61.5 Å². The molecule has 1 fully saturated rings. The molecule has 0 aliphatic carbocycles. The molecular weight excluding hydrogens is 396 g/mol. The zero-order chi connectivity index (χ0) is 21.1. The maximum absolute atomic E-state index is 12.9. The fraction of sp³-hybridized carbons (Fsp3) is 0.304. The molecule has 3 aromatic heterocycles. The number of carbonyl (C=O) groups excluding carboxylic acids is 2. The van der Waals surface area contributed by atoms with Crippen LogP contribution in [0.5, 0.6) is 0 Å². The molecule has 154 valence electrons. The highest BCUT2D eigenvalue weighted by molar-refractivity contribution is 7.12. The predicted octanol–water partition coefficient (Wildman–Crippen LogP) is 3.74. The first-order chi connectivity index (χ1) is 14.5. The minimum absolute atomic E-state index is 0.105. The highest BCUT2D eigenvalue weighted by Gasteiger charge is 2.23. The molecule has 0 aromatic carbocycles. The summed E-state index contributed by atoms with van der Waals surface area (Å²) in [5, 5.41) is 1.96. The summed E-state index contributed by atoms with van der Waals surface area (Å²) in [6, 6.07) is 11.1. The van der Waals surface area contributed by atoms with E-state index in [4.69, 9.17) is 0 Å². The molecule has 1 amide bonds. The van der Waals surface area contributed by atoms with Gasteiger partial charge in [0.05, 0.1) is 4.88 Å². The summed E-state index contributed by atoms with van der Waals surface area (Å²) in [5.74, 6) is 0.750. The van der Waals surface area contributed by atoms with E-state index >= 15 is 0 Å². The average Bonchev–Trinajstić information content (AvgIpc) is 3.04. The largest absolute Gasteiger partial charge is 0.355 e. The van der Waals surface area contributed by atoms with Gasteiger partial charge in [-0.25, -0.2) is 4.98 Å². The summed E-state index contributed by atoms with van der Waals surface area (Å²) in [5.41, 5.74) is 2.71. The number of ketones is 1. The van der Waals surface area contributed by atoms with Crippen molar-refractivity contribution in [3.8, 4) is 0 Å². The van der Waals surface area contributed by atoms with Gasteiger partial charge >= 0.3 is 0 Å². The number of pyridine rings is 2. The van der Waals surface area contributed by atoms with Gasteiger partial charge in [0.15, 0.2) is 0 Å². The third-order valence-corrected chi connectivity index (χ3v) is 6.39. The molecule has 3 aromatic rings. The Kier molecular flexibility index (Phi) is 5.90. The van der Waals surface area contributed by atoms with Gasteiger partial charge in [-0.2, -0.15) is 0 Å². The second-order valence-electron chi connectivity index (χ2n) is 7.41. The number of hydrogen-bond donors (Lipinski definition) is 0. The van der Waals surface area contributed by atoms with Gasteiger partial charge in [0.25, 0.3) is 5.91 Å². The summed E-state index contributed by atoms with van der Waals surface area (Å²) < 4.78 is 0. The maximum atomic E-state index is 12.9. The molecule has 0 bridgehead atoms. The Morgan fingerprint density at radius 1 is 1.00 bits per heavy atom. The van der Waals surface area contributed by atoms with E-state index in [0.717, 1.165) is 35.8 Å². The van der Waals surface area contributed by atoms with Crippen LogP contribution in [0.25, 0.3) is 0 Å². The number of amides is 1. The topological polar surface area (TPSA) is 66.4 Å². The van der Waals surface area contributed by atoms with Crippen LogP contribution in [0.15, 0.2) is 48.0 Å². The van der Waals surface area contributed by atoms with Crippen LogP contribution in [-0.4, -0.2) is 52.7 Å². The maximum Gasteiger partial charge on any atom is 0.264 e. The fourth-order valence-electron chi connectivity index (χ4n) is 3.67. The Bertz CT molecular complexity index is 1080. The van der Waals surface area contributed by atoms with Gasteiger partial charge < -0.3 is 9.80 Å². The van der Waals surface area contributed by atoms with E-state index in [0.29, 0.717) is 30.0 Å². The lowest BCUT2D eigenvalue weighted by Gasteiger charge is -2.23. The van der Waals surface area contributed by atoms with Crippen LogP contribution in [0.4, 0.5) is 5.82 Å². The number of hydrogen-bond acceptors (Lipinski definition) is 6. The predicted molar refractivity (Wildman–Crippen MR) is 118 cm³/mol. The summed E-state index contributed by atoms with van der Waals surface area (Å²) in [4.78, 5) is 39.5. The Morgan fingerprint density at radius 2 is 1.87 bits per heavy atom. The smallest absolute Gasteiger partial charge is 0.264 e. The van der Waals surface area contributed by atoms with Crippen molar-refractivity contribution in [2.45, 2.75) is 20.3 Å². The molecule has 4 rings (SSSR count). The molecule has 0 atom stereocenters. The Morgan fingerprint density at radius 3 is 2.63 bits per heavy atom. The lowest BCUT2D eigenvalue weighted by Crippen LogP contribution is -2.35. The first kappa shape index (κ1) is 20.2. The molecule has 4 heterocycles. The van der Waals surface area contributed by atoms with E-state index in [1.165, 1.54) is 11.3 Å². The number of anilines is 1. The fourth-order valence-corrected chi connectivity index (χ4v) is 4.57. The van der Waals surface area contributed by atoms with Gasteiger partial charge in [-0.15, -0.1) is 11.3 Å². The van der Waals surface area contributed by atoms with Crippen molar-refractivity contribution in [3.05, 3.63) is 75.4 Å². The van der Waals surface area contributed by atoms with Crippen molar-refractivity contribution in [2.24, 2.45) is 0 Å². The molecule has 1 aliphatic heterocycles. The van der Waals surface area contributed by atoms with Crippen LogP contribution in [0.3, 0.4) is 0 Å². The van der Waals surface area contributed by atoms with Gasteiger partial charge in [-0.3, -0.25) is 14.6 Å². The van der Waals surface area contributed by atoms with Crippen LogP contribution < -0.4 is 4.90 Å². The molecule has 0 N–H and O–H groups in total. The Balaban J connectivity index is 1.49. The number of nitrogens with zero attached hydrogens (tertiary/aromatic N) is 4. The van der Waals surface area contributed by atoms with Gasteiger partial charge in [0.2, 0.25) is 5.78 Å². The van der Waals surface area contributed by atoms with Crippen LogP contribution in [0, 0.1) is 13.8 Å². The molecule has 0 spiro atoms. The van der Waals surface area contributed by atoms with Crippen molar-refractivity contribution < 1.29 is 9.59 Å². The lowest BCUT2D eigenvalue weighted by atomic mass is 10.1. The van der Waals surface area contributed by atoms with Crippen molar-refractivity contribution >= 4 is 28.8 Å². The second-order valence-corrected chi connectivity index (χ2v) is 8.33. The van der Waals surface area contributed by atoms with Crippen molar-refractivity contribution in [3.63, 3.8) is 0 Å². The van der Waals surface area contributed by atoms with E-state index in [1.807, 2.05) is 42.3 Å². The molecule has 0 radical (unpaired) electrons. The number of carbonyl (C=O) groups is 2. The SMILES string of the molecule is Cc1ccsc1C(=O)N1CCCN(c2cccc(C(=O)c3cccnc3C)n2)CC1. The van der Waals surface area contributed by atoms with Crippen LogP contribution in [-0.2, 0) is 0 Å². The molecule has 0 saturated carbocycles. The van der Waals surface area contributed by atoms with Crippen LogP contribution in [0.1, 0.15) is 43.4 Å². The number of rotatable bonds is 4. The van der Waals surface area contributed by atoms with E-state index < -0.39 is 0 Å². The summed E-state index contributed by atoms with van der Waals surface area (Å²) in [7, 11) is 0. The molecule has 1 saturated heterocycles. The summed E-state index contributed by atoms with van der Waals surface area (Å²) in [6.45, 7) is 6.64. The van der Waals surface area contributed by atoms with E-state index in [2.05, 4.69) is 14.9 Å². The summed E-state index contributed by atoms with van der Waals surface area (Å²) >= 11 is 1.50. The zero-order valence-electron chi connectivity index (χ0n) is 17.2. The molecule has 0 unspecified atom stereocenters. The Labute approximate surface area is 180 Å². The minimum Gasteiger partial charge on any atom is -0.355 e. The normalized spacial score (nSPS) is 14.5. The van der Waals surface area contributed by atoms with E-state index in [-0.39, 0.29) is 11.7 Å². The first-order valence-corrected chi connectivity index (χ1v) is 10.9. The van der Waals surface area contributed by atoms with E-state index in [1.54, 1.807) is 24.4 Å². The summed E-state index contributed by atoms with van der Waals surface area (Å²) in [6.07, 6.45) is 2.54. The van der Waals surface area contributed by atoms with Gasteiger partial charge in [-0.1, -0.05) is 6.07 Å². The van der Waals surface area contributed by atoms with Crippen molar-refractivity contribution in [2.75, 3.05) is 31.1 Å². The van der Waals surface area contributed by atoms with Crippen molar-refractivity contribution in [1.82, 2.24) is 14.9 Å². The molecule has 1 aliphatic rings.